The van der Waals surface area contributed by atoms with E-state index in [9.17, 15) is 13.2 Å². The highest BCUT2D eigenvalue weighted by Gasteiger charge is 2.28. The Balaban J connectivity index is 1.94. The number of hydrogen-bond acceptors (Lipinski definition) is 4. The molecule has 8 heteroatoms. The lowest BCUT2D eigenvalue weighted by Crippen LogP contribution is -2.48. The zero-order valence-electron chi connectivity index (χ0n) is 14.7. The number of sulfonamides is 1. The van der Waals surface area contributed by atoms with Gasteiger partial charge in [-0.05, 0) is 70.1 Å². The second-order valence-electron chi connectivity index (χ2n) is 6.40. The Morgan fingerprint density at radius 1 is 1.28 bits per heavy atom. The van der Waals surface area contributed by atoms with Gasteiger partial charge in [0.05, 0.1) is 11.9 Å². The van der Waals surface area contributed by atoms with Crippen LogP contribution < -0.4 is 9.62 Å². The van der Waals surface area contributed by atoms with E-state index in [-0.39, 0.29) is 5.91 Å². The second-order valence-corrected chi connectivity index (χ2v) is 8.70. The summed E-state index contributed by atoms with van der Waals surface area (Å²) in [6, 6.07) is 5.58. The van der Waals surface area contributed by atoms with Gasteiger partial charge in [-0.1, -0.05) is 11.6 Å². The molecule has 1 amide bonds. The first-order valence-corrected chi connectivity index (χ1v) is 10.8. The molecule has 1 aromatic rings. The van der Waals surface area contributed by atoms with Gasteiger partial charge in [-0.2, -0.15) is 0 Å². The van der Waals surface area contributed by atoms with Crippen LogP contribution in [0, 0.1) is 0 Å². The van der Waals surface area contributed by atoms with Crippen molar-refractivity contribution in [2.75, 3.05) is 36.7 Å². The van der Waals surface area contributed by atoms with Gasteiger partial charge < -0.3 is 10.2 Å². The molecule has 1 aromatic carbocycles. The molecule has 1 heterocycles. The van der Waals surface area contributed by atoms with Crippen molar-refractivity contribution in [3.8, 4) is 0 Å². The van der Waals surface area contributed by atoms with E-state index in [0.29, 0.717) is 17.3 Å². The summed E-state index contributed by atoms with van der Waals surface area (Å²) < 4.78 is 25.5. The SMILES string of the molecule is C[C@H](C(=O)NCCCN1CCCC1)N(c1ccc(Cl)cc1)S(C)(=O)=O. The van der Waals surface area contributed by atoms with E-state index >= 15 is 0 Å². The Bertz CT molecular complexity index is 673. The zero-order chi connectivity index (χ0) is 18.4. The molecule has 0 aliphatic carbocycles. The predicted octanol–water partition coefficient (Wildman–Crippen LogP) is 2.10. The summed E-state index contributed by atoms with van der Waals surface area (Å²) >= 11 is 5.86. The predicted molar refractivity (Wildman–Crippen MR) is 102 cm³/mol. The van der Waals surface area contributed by atoms with Crippen LogP contribution in [-0.4, -0.2) is 57.7 Å². The van der Waals surface area contributed by atoms with Gasteiger partial charge in [0.15, 0.2) is 0 Å². The summed E-state index contributed by atoms with van der Waals surface area (Å²) in [5, 5.41) is 3.35. The maximum absolute atomic E-state index is 12.4. The molecule has 0 bridgehead atoms. The van der Waals surface area contributed by atoms with E-state index in [1.54, 1.807) is 31.2 Å². The van der Waals surface area contributed by atoms with Gasteiger partial charge in [0.1, 0.15) is 6.04 Å². The third-order valence-electron chi connectivity index (χ3n) is 4.32. The summed E-state index contributed by atoms with van der Waals surface area (Å²) in [5.41, 5.74) is 0.423. The van der Waals surface area contributed by atoms with E-state index < -0.39 is 16.1 Å². The molecule has 0 unspecified atom stereocenters. The highest BCUT2D eigenvalue weighted by molar-refractivity contribution is 7.92. The molecule has 1 fully saturated rings. The average Bonchev–Trinajstić information content (AvgIpc) is 3.05. The zero-order valence-corrected chi connectivity index (χ0v) is 16.3. The Morgan fingerprint density at radius 2 is 1.88 bits per heavy atom. The van der Waals surface area contributed by atoms with Crippen LogP contribution in [0.3, 0.4) is 0 Å². The molecular weight excluding hydrogens is 362 g/mol. The molecule has 1 atom stereocenters. The number of nitrogens with zero attached hydrogens (tertiary/aromatic N) is 2. The fourth-order valence-corrected chi connectivity index (χ4v) is 4.37. The smallest absolute Gasteiger partial charge is 0.243 e. The minimum Gasteiger partial charge on any atom is -0.354 e. The van der Waals surface area contributed by atoms with E-state index in [2.05, 4.69) is 10.2 Å². The maximum atomic E-state index is 12.4. The topological polar surface area (TPSA) is 69.7 Å². The van der Waals surface area contributed by atoms with Crippen molar-refractivity contribution in [3.05, 3.63) is 29.3 Å². The van der Waals surface area contributed by atoms with Crippen LogP contribution in [0.4, 0.5) is 5.69 Å². The second kappa shape index (κ2) is 8.87. The average molecular weight is 388 g/mol. The molecule has 1 saturated heterocycles. The number of nitrogens with one attached hydrogen (secondary N) is 1. The summed E-state index contributed by atoms with van der Waals surface area (Å²) in [4.78, 5) is 14.8. The lowest BCUT2D eigenvalue weighted by Gasteiger charge is -2.28. The van der Waals surface area contributed by atoms with Crippen molar-refractivity contribution in [1.29, 1.82) is 0 Å². The molecular formula is C17H26ClN3O3S. The summed E-state index contributed by atoms with van der Waals surface area (Å²) in [5.74, 6) is -0.304. The molecule has 0 aromatic heterocycles. The monoisotopic (exact) mass is 387 g/mol. The molecule has 0 saturated carbocycles. The molecule has 1 aliphatic heterocycles. The van der Waals surface area contributed by atoms with Crippen molar-refractivity contribution in [1.82, 2.24) is 10.2 Å². The molecule has 140 valence electrons. The molecule has 1 aliphatic rings. The lowest BCUT2D eigenvalue weighted by molar-refractivity contribution is -0.121. The first-order chi connectivity index (χ1) is 11.8. The van der Waals surface area contributed by atoms with Crippen LogP contribution in [0.2, 0.25) is 5.02 Å². The minimum absolute atomic E-state index is 0.304. The molecule has 6 nitrogen and oxygen atoms in total. The van der Waals surface area contributed by atoms with Gasteiger partial charge in [-0.25, -0.2) is 8.42 Å². The summed E-state index contributed by atoms with van der Waals surface area (Å²) in [7, 11) is -3.60. The van der Waals surface area contributed by atoms with Gasteiger partial charge in [-0.3, -0.25) is 9.10 Å². The Hall–Kier alpha value is -1.31. The maximum Gasteiger partial charge on any atom is 0.243 e. The lowest BCUT2D eigenvalue weighted by atomic mass is 10.2. The highest BCUT2D eigenvalue weighted by atomic mass is 35.5. The Kier molecular flexibility index (Phi) is 7.10. The number of rotatable bonds is 8. The third-order valence-corrected chi connectivity index (χ3v) is 5.81. The fraction of sp³-hybridized carbons (Fsp3) is 0.588. The van der Waals surface area contributed by atoms with Gasteiger partial charge in [0.25, 0.3) is 0 Å². The number of amides is 1. The van der Waals surface area contributed by atoms with Crippen LogP contribution in [-0.2, 0) is 14.8 Å². The van der Waals surface area contributed by atoms with Gasteiger partial charge in [0, 0.05) is 11.6 Å². The number of anilines is 1. The molecule has 0 radical (unpaired) electrons. The first kappa shape index (κ1) is 20.0. The van der Waals surface area contributed by atoms with Crippen LogP contribution in [0.5, 0.6) is 0 Å². The van der Waals surface area contributed by atoms with Crippen LogP contribution >= 0.6 is 11.6 Å². The van der Waals surface area contributed by atoms with Crippen molar-refractivity contribution in [2.24, 2.45) is 0 Å². The van der Waals surface area contributed by atoms with Gasteiger partial charge in [-0.15, -0.1) is 0 Å². The van der Waals surface area contributed by atoms with Crippen LogP contribution in [0.25, 0.3) is 0 Å². The number of likely N-dealkylation sites (tertiary alicyclic amines) is 1. The number of carbonyl (C=O) groups excluding carboxylic acids is 1. The summed E-state index contributed by atoms with van der Waals surface area (Å²) in [6.45, 7) is 5.34. The standard InChI is InChI=1S/C17H26ClN3O3S/c1-14(17(22)19-10-5-13-20-11-3-4-12-20)21(25(2,23)24)16-8-6-15(18)7-9-16/h6-9,14H,3-5,10-13H2,1-2H3,(H,19,22)/t14-/m1/s1. The fourth-order valence-electron chi connectivity index (χ4n) is 3.06. The first-order valence-electron chi connectivity index (χ1n) is 8.54. The molecule has 1 N–H and O–H groups in total. The summed E-state index contributed by atoms with van der Waals surface area (Å²) in [6.07, 6.45) is 4.44. The van der Waals surface area contributed by atoms with Crippen molar-refractivity contribution in [3.63, 3.8) is 0 Å². The number of benzene rings is 1. The largest absolute Gasteiger partial charge is 0.354 e. The van der Waals surface area contributed by atoms with Crippen molar-refractivity contribution >= 4 is 33.2 Å². The van der Waals surface area contributed by atoms with Gasteiger partial charge in [0.2, 0.25) is 15.9 Å². The number of hydrogen-bond donors (Lipinski definition) is 1. The molecule has 2 rings (SSSR count). The third kappa shape index (κ3) is 5.87. The van der Waals surface area contributed by atoms with Crippen molar-refractivity contribution < 1.29 is 13.2 Å². The molecule has 0 spiro atoms. The minimum atomic E-state index is -3.60. The van der Waals surface area contributed by atoms with E-state index in [1.807, 2.05) is 0 Å². The van der Waals surface area contributed by atoms with E-state index in [0.717, 1.165) is 36.6 Å². The quantitative estimate of drug-likeness (QED) is 0.693. The normalized spacial score (nSPS) is 16.6. The number of halogens is 1. The Morgan fingerprint density at radius 3 is 2.44 bits per heavy atom. The highest BCUT2D eigenvalue weighted by Crippen LogP contribution is 2.23. The van der Waals surface area contributed by atoms with E-state index in [4.69, 9.17) is 11.6 Å². The molecule has 25 heavy (non-hydrogen) atoms. The van der Waals surface area contributed by atoms with Crippen molar-refractivity contribution in [2.45, 2.75) is 32.2 Å². The van der Waals surface area contributed by atoms with Crippen LogP contribution in [0.1, 0.15) is 26.2 Å². The van der Waals surface area contributed by atoms with Gasteiger partial charge >= 0.3 is 0 Å². The van der Waals surface area contributed by atoms with E-state index in [1.165, 1.54) is 12.8 Å². The number of carbonyl (C=O) groups is 1. The van der Waals surface area contributed by atoms with Crippen LogP contribution in [0.15, 0.2) is 24.3 Å². The Labute approximate surface area is 155 Å².